The second-order valence-corrected chi connectivity index (χ2v) is 5.76. The summed E-state index contributed by atoms with van der Waals surface area (Å²) in [4.78, 5) is 1.31. The normalized spacial score (nSPS) is 33.8. The molecule has 82 valence electrons. The number of hydrogen-bond acceptors (Lipinski definition) is 3. The summed E-state index contributed by atoms with van der Waals surface area (Å²) in [6.07, 6.45) is 4.66. The van der Waals surface area contributed by atoms with Crippen LogP contribution in [0, 0.1) is 0 Å². The van der Waals surface area contributed by atoms with Crippen molar-refractivity contribution in [3.63, 3.8) is 0 Å². The summed E-state index contributed by atoms with van der Waals surface area (Å²) < 4.78 is 5.79. The average molecular weight is 244 g/mol. The molecule has 3 rings (SSSR count). The van der Waals surface area contributed by atoms with E-state index in [1.54, 1.807) is 11.3 Å². The van der Waals surface area contributed by atoms with Gasteiger partial charge in [-0.1, -0.05) is 11.6 Å². The minimum atomic E-state index is 0.463. The van der Waals surface area contributed by atoms with Gasteiger partial charge in [0, 0.05) is 22.8 Å². The van der Waals surface area contributed by atoms with Crippen LogP contribution in [0.2, 0.25) is 5.02 Å². The summed E-state index contributed by atoms with van der Waals surface area (Å²) in [5, 5.41) is 6.40. The van der Waals surface area contributed by atoms with Crippen molar-refractivity contribution in [1.82, 2.24) is 5.32 Å². The number of fused-ring (bicyclic) bond motifs is 2. The predicted molar refractivity (Wildman–Crippen MR) is 62.5 cm³/mol. The van der Waals surface area contributed by atoms with E-state index in [2.05, 4.69) is 5.32 Å². The van der Waals surface area contributed by atoms with E-state index in [1.807, 2.05) is 11.4 Å². The van der Waals surface area contributed by atoms with Crippen molar-refractivity contribution >= 4 is 22.9 Å². The van der Waals surface area contributed by atoms with Crippen molar-refractivity contribution in [1.29, 1.82) is 0 Å². The van der Waals surface area contributed by atoms with E-state index in [0.29, 0.717) is 18.2 Å². The van der Waals surface area contributed by atoms with Crippen LogP contribution in [0.15, 0.2) is 11.4 Å². The third-order valence-corrected chi connectivity index (χ3v) is 4.55. The molecule has 2 nitrogen and oxygen atoms in total. The monoisotopic (exact) mass is 243 g/mol. The lowest BCUT2D eigenvalue weighted by Crippen LogP contribution is -2.36. The fourth-order valence-corrected chi connectivity index (χ4v) is 3.55. The van der Waals surface area contributed by atoms with Crippen molar-refractivity contribution in [3.8, 4) is 0 Å². The Kier molecular flexibility index (Phi) is 2.73. The van der Waals surface area contributed by atoms with Crippen LogP contribution in [0.4, 0.5) is 0 Å². The number of rotatable bonds is 3. The number of nitrogens with one attached hydrogen (secondary N) is 1. The van der Waals surface area contributed by atoms with E-state index in [-0.39, 0.29) is 0 Å². The average Bonchev–Trinajstić information content (AvgIpc) is 2.90. The number of ether oxygens (including phenoxy) is 1. The Hall–Kier alpha value is -0.0900. The van der Waals surface area contributed by atoms with Crippen LogP contribution < -0.4 is 5.32 Å². The van der Waals surface area contributed by atoms with Crippen molar-refractivity contribution in [2.24, 2.45) is 0 Å². The van der Waals surface area contributed by atoms with Gasteiger partial charge in [-0.15, -0.1) is 11.3 Å². The van der Waals surface area contributed by atoms with Crippen LogP contribution in [0.3, 0.4) is 0 Å². The first kappa shape index (κ1) is 10.1. The van der Waals surface area contributed by atoms with Crippen molar-refractivity contribution in [3.05, 3.63) is 21.3 Å². The zero-order valence-corrected chi connectivity index (χ0v) is 9.98. The number of hydrogen-bond donors (Lipinski definition) is 1. The van der Waals surface area contributed by atoms with Gasteiger partial charge in [0.1, 0.15) is 0 Å². The van der Waals surface area contributed by atoms with Crippen LogP contribution in [0.1, 0.15) is 24.1 Å². The Labute approximate surface area is 98.6 Å². The van der Waals surface area contributed by atoms with E-state index in [4.69, 9.17) is 16.3 Å². The molecule has 2 saturated heterocycles. The molecule has 0 spiro atoms. The van der Waals surface area contributed by atoms with Crippen LogP contribution >= 0.6 is 22.9 Å². The van der Waals surface area contributed by atoms with Crippen LogP contribution in [-0.4, -0.2) is 18.2 Å². The highest BCUT2D eigenvalue weighted by Crippen LogP contribution is 2.34. The van der Waals surface area contributed by atoms with E-state index in [1.165, 1.54) is 24.1 Å². The molecule has 0 aromatic carbocycles. The summed E-state index contributed by atoms with van der Waals surface area (Å²) >= 11 is 7.59. The Morgan fingerprint density at radius 2 is 2.47 bits per heavy atom. The molecule has 3 unspecified atom stereocenters. The van der Waals surface area contributed by atoms with Gasteiger partial charge in [0.15, 0.2) is 0 Å². The third kappa shape index (κ3) is 2.07. The predicted octanol–water partition coefficient (Wildman–Crippen LogP) is 2.81. The highest BCUT2D eigenvalue weighted by molar-refractivity contribution is 7.10. The maximum Gasteiger partial charge on any atom is 0.0733 e. The molecule has 4 heteroatoms. The lowest BCUT2D eigenvalue weighted by atomic mass is 9.95. The lowest BCUT2D eigenvalue weighted by molar-refractivity contribution is 0.0973. The first-order chi connectivity index (χ1) is 7.31. The summed E-state index contributed by atoms with van der Waals surface area (Å²) in [6, 6.07) is 2.59. The van der Waals surface area contributed by atoms with Gasteiger partial charge < -0.3 is 10.1 Å². The second-order valence-electron chi connectivity index (χ2n) is 4.33. The van der Waals surface area contributed by atoms with Gasteiger partial charge >= 0.3 is 0 Å². The molecular weight excluding hydrogens is 230 g/mol. The maximum absolute atomic E-state index is 5.88. The van der Waals surface area contributed by atoms with E-state index in [9.17, 15) is 0 Å². The SMILES string of the molecule is Clc1csc(CNC2CC3CCC2O3)c1. The van der Waals surface area contributed by atoms with Gasteiger partial charge in [-0.3, -0.25) is 0 Å². The summed E-state index contributed by atoms with van der Waals surface area (Å²) in [5.74, 6) is 0. The van der Waals surface area contributed by atoms with Gasteiger partial charge in [0.25, 0.3) is 0 Å². The standard InChI is InChI=1S/C11H14ClNOS/c12-7-3-9(15-6-7)5-13-10-4-8-1-2-11(10)14-8/h3,6,8,10-11,13H,1-2,4-5H2. The zero-order chi connectivity index (χ0) is 10.3. The molecule has 1 aromatic rings. The van der Waals surface area contributed by atoms with Crippen LogP contribution in [-0.2, 0) is 11.3 Å². The Morgan fingerprint density at radius 3 is 3.07 bits per heavy atom. The fourth-order valence-electron chi connectivity index (χ4n) is 2.53. The zero-order valence-electron chi connectivity index (χ0n) is 8.41. The highest BCUT2D eigenvalue weighted by atomic mass is 35.5. The number of thiophene rings is 1. The fraction of sp³-hybridized carbons (Fsp3) is 0.636. The van der Waals surface area contributed by atoms with Gasteiger partial charge in [0.05, 0.1) is 17.2 Å². The molecule has 0 aliphatic carbocycles. The molecule has 15 heavy (non-hydrogen) atoms. The minimum absolute atomic E-state index is 0.463. The molecular formula is C11H14ClNOS. The summed E-state index contributed by atoms with van der Waals surface area (Å²) in [5.41, 5.74) is 0. The molecule has 3 atom stereocenters. The molecule has 2 aliphatic rings. The number of halogens is 1. The molecule has 3 heterocycles. The topological polar surface area (TPSA) is 21.3 Å². The van der Waals surface area contributed by atoms with Crippen molar-refractivity contribution in [2.75, 3.05) is 0 Å². The Balaban J connectivity index is 1.54. The first-order valence-corrected chi connectivity index (χ1v) is 6.69. The molecule has 2 aliphatic heterocycles. The minimum Gasteiger partial charge on any atom is -0.373 e. The van der Waals surface area contributed by atoms with Crippen LogP contribution in [0.25, 0.3) is 0 Å². The Bertz CT molecular complexity index is 354. The van der Waals surface area contributed by atoms with E-state index >= 15 is 0 Å². The largest absolute Gasteiger partial charge is 0.373 e. The Morgan fingerprint density at radius 1 is 1.53 bits per heavy atom. The van der Waals surface area contributed by atoms with Crippen molar-refractivity contribution < 1.29 is 4.74 Å². The molecule has 2 bridgehead atoms. The van der Waals surface area contributed by atoms with Gasteiger partial charge in [-0.25, -0.2) is 0 Å². The lowest BCUT2D eigenvalue weighted by Gasteiger charge is -2.19. The summed E-state index contributed by atoms with van der Waals surface area (Å²) in [7, 11) is 0. The third-order valence-electron chi connectivity index (χ3n) is 3.27. The second kappa shape index (κ2) is 4.06. The van der Waals surface area contributed by atoms with Crippen LogP contribution in [0.5, 0.6) is 0 Å². The molecule has 1 N–H and O–H groups in total. The smallest absolute Gasteiger partial charge is 0.0733 e. The quantitative estimate of drug-likeness (QED) is 0.882. The van der Waals surface area contributed by atoms with Gasteiger partial charge in [0.2, 0.25) is 0 Å². The molecule has 1 aromatic heterocycles. The molecule has 2 fully saturated rings. The van der Waals surface area contributed by atoms with Gasteiger partial charge in [-0.2, -0.15) is 0 Å². The van der Waals surface area contributed by atoms with E-state index < -0.39 is 0 Å². The molecule has 0 radical (unpaired) electrons. The molecule has 0 amide bonds. The first-order valence-electron chi connectivity index (χ1n) is 5.43. The summed E-state index contributed by atoms with van der Waals surface area (Å²) in [6.45, 7) is 0.925. The maximum atomic E-state index is 5.88. The highest BCUT2D eigenvalue weighted by Gasteiger charge is 2.40. The van der Waals surface area contributed by atoms with Crippen molar-refractivity contribution in [2.45, 2.75) is 44.1 Å². The molecule has 0 saturated carbocycles. The van der Waals surface area contributed by atoms with E-state index in [0.717, 1.165) is 11.6 Å². The van der Waals surface area contributed by atoms with Gasteiger partial charge in [-0.05, 0) is 25.3 Å².